The van der Waals surface area contributed by atoms with E-state index in [4.69, 9.17) is 4.74 Å². The molecule has 2 saturated carbocycles. The van der Waals surface area contributed by atoms with Gasteiger partial charge in [-0.2, -0.15) is 0 Å². The Bertz CT molecular complexity index is 634. The van der Waals surface area contributed by atoms with Gasteiger partial charge in [-0.3, -0.25) is 9.59 Å². The number of rotatable bonds is 8. The normalized spacial score (nSPS) is 19.2. The standard InChI is InChI=1S/C18H21NO5/c20-14(16(22)24-11-12-4-2-1-3-5-12)10-19-17(23)18(8-9-18)15(21)13-6-7-13/h1-5,13-14,20H,6-11H2,(H,19,23)/t14-/m1/s1. The number of hydrogen-bond acceptors (Lipinski definition) is 5. The number of benzene rings is 1. The third-order valence-corrected chi connectivity index (χ3v) is 4.56. The highest BCUT2D eigenvalue weighted by atomic mass is 16.5. The van der Waals surface area contributed by atoms with E-state index in [1.54, 1.807) is 0 Å². The zero-order valence-corrected chi connectivity index (χ0v) is 13.4. The van der Waals surface area contributed by atoms with E-state index < -0.39 is 17.5 Å². The summed E-state index contributed by atoms with van der Waals surface area (Å²) in [5, 5.41) is 12.3. The molecule has 1 amide bonds. The Balaban J connectivity index is 1.43. The molecule has 2 aliphatic rings. The molecule has 0 unspecified atom stereocenters. The van der Waals surface area contributed by atoms with Crippen molar-refractivity contribution in [1.82, 2.24) is 5.32 Å². The van der Waals surface area contributed by atoms with Crippen molar-refractivity contribution in [2.24, 2.45) is 11.3 Å². The molecule has 1 atom stereocenters. The maximum absolute atomic E-state index is 12.2. The monoisotopic (exact) mass is 331 g/mol. The number of aliphatic hydroxyl groups excluding tert-OH is 1. The van der Waals surface area contributed by atoms with Crippen LogP contribution in [0, 0.1) is 11.3 Å². The minimum atomic E-state index is -1.44. The van der Waals surface area contributed by atoms with Crippen molar-refractivity contribution in [3.8, 4) is 0 Å². The van der Waals surface area contributed by atoms with Gasteiger partial charge >= 0.3 is 5.97 Å². The van der Waals surface area contributed by atoms with E-state index in [1.165, 1.54) is 0 Å². The number of nitrogens with one attached hydrogen (secondary N) is 1. The van der Waals surface area contributed by atoms with Crippen LogP contribution in [0.1, 0.15) is 31.2 Å². The Hall–Kier alpha value is -2.21. The number of Topliss-reactive ketones (excluding diaryl/α,β-unsaturated/α-hetero) is 1. The average Bonchev–Trinajstić information content (AvgIpc) is 3.50. The van der Waals surface area contributed by atoms with Gasteiger partial charge in [0.2, 0.25) is 5.91 Å². The summed E-state index contributed by atoms with van der Waals surface area (Å²) in [4.78, 5) is 36.1. The molecule has 3 rings (SSSR count). The summed E-state index contributed by atoms with van der Waals surface area (Å²) >= 11 is 0. The van der Waals surface area contributed by atoms with Crippen LogP contribution < -0.4 is 5.32 Å². The highest BCUT2D eigenvalue weighted by Gasteiger charge is 2.59. The predicted octanol–water partition coefficient (Wildman–Crippen LogP) is 0.966. The SMILES string of the molecule is O=C(OCc1ccccc1)[C@H](O)CNC(=O)C1(C(=O)C2CC2)CC1. The summed E-state index contributed by atoms with van der Waals surface area (Å²) in [6, 6.07) is 9.12. The fraction of sp³-hybridized carbons (Fsp3) is 0.500. The summed E-state index contributed by atoms with van der Waals surface area (Å²) in [6.45, 7) is -0.180. The lowest BCUT2D eigenvalue weighted by molar-refractivity contribution is -0.154. The Morgan fingerprint density at radius 2 is 1.88 bits per heavy atom. The van der Waals surface area contributed by atoms with Crippen LogP contribution in [0.15, 0.2) is 30.3 Å². The Labute approximate surface area is 140 Å². The molecule has 6 heteroatoms. The Morgan fingerprint density at radius 3 is 2.46 bits per heavy atom. The van der Waals surface area contributed by atoms with Crippen molar-refractivity contribution < 1.29 is 24.2 Å². The number of carbonyl (C=O) groups excluding carboxylic acids is 3. The number of amides is 1. The van der Waals surface area contributed by atoms with Gasteiger partial charge < -0.3 is 15.2 Å². The molecule has 0 saturated heterocycles. The Kier molecular flexibility index (Phi) is 4.66. The van der Waals surface area contributed by atoms with Crippen LogP contribution in [0.3, 0.4) is 0 Å². The summed E-state index contributed by atoms with van der Waals surface area (Å²) < 4.78 is 5.01. The third kappa shape index (κ3) is 3.64. The molecule has 1 aromatic rings. The fourth-order valence-electron chi connectivity index (χ4n) is 2.71. The lowest BCUT2D eigenvalue weighted by atomic mass is 9.96. The molecular weight excluding hydrogens is 310 g/mol. The van der Waals surface area contributed by atoms with Gasteiger partial charge in [-0.25, -0.2) is 4.79 Å². The van der Waals surface area contributed by atoms with Crippen LogP contribution in [-0.2, 0) is 25.7 Å². The van der Waals surface area contributed by atoms with Gasteiger partial charge in [-0.15, -0.1) is 0 Å². The summed E-state index contributed by atoms with van der Waals surface area (Å²) in [7, 11) is 0. The first kappa shape index (κ1) is 16.6. The van der Waals surface area contributed by atoms with Gasteiger partial charge in [0.05, 0.1) is 6.54 Å². The van der Waals surface area contributed by atoms with Crippen LogP contribution in [-0.4, -0.2) is 35.4 Å². The van der Waals surface area contributed by atoms with Gasteiger partial charge in [0.15, 0.2) is 11.9 Å². The lowest BCUT2D eigenvalue weighted by Gasteiger charge is -2.16. The molecule has 0 heterocycles. The molecule has 0 bridgehead atoms. The van der Waals surface area contributed by atoms with Crippen molar-refractivity contribution in [2.75, 3.05) is 6.54 Å². The number of aliphatic hydroxyl groups is 1. The molecule has 0 aromatic heterocycles. The first-order valence-corrected chi connectivity index (χ1v) is 8.24. The minimum absolute atomic E-state index is 0.0149. The van der Waals surface area contributed by atoms with Gasteiger partial charge in [0, 0.05) is 5.92 Å². The van der Waals surface area contributed by atoms with E-state index >= 15 is 0 Å². The number of carbonyl (C=O) groups is 3. The van der Waals surface area contributed by atoms with E-state index in [-0.39, 0.29) is 30.8 Å². The molecule has 128 valence electrons. The quantitative estimate of drug-likeness (QED) is 0.547. The van der Waals surface area contributed by atoms with Crippen molar-refractivity contribution in [2.45, 2.75) is 38.4 Å². The third-order valence-electron chi connectivity index (χ3n) is 4.56. The van der Waals surface area contributed by atoms with Crippen LogP contribution in [0.25, 0.3) is 0 Å². The van der Waals surface area contributed by atoms with Crippen molar-refractivity contribution in [3.05, 3.63) is 35.9 Å². The lowest BCUT2D eigenvalue weighted by Crippen LogP contribution is -2.43. The second-order valence-corrected chi connectivity index (χ2v) is 6.54. The van der Waals surface area contributed by atoms with E-state index in [0.29, 0.717) is 12.8 Å². The van der Waals surface area contributed by atoms with Crippen molar-refractivity contribution in [1.29, 1.82) is 0 Å². The fourth-order valence-corrected chi connectivity index (χ4v) is 2.71. The van der Waals surface area contributed by atoms with Gasteiger partial charge in [-0.1, -0.05) is 30.3 Å². The van der Waals surface area contributed by atoms with E-state index in [9.17, 15) is 19.5 Å². The number of ether oxygens (including phenoxy) is 1. The van der Waals surface area contributed by atoms with E-state index in [1.807, 2.05) is 30.3 Å². The molecular formula is C18H21NO5. The molecule has 2 aliphatic carbocycles. The van der Waals surface area contributed by atoms with Crippen LogP contribution in [0.4, 0.5) is 0 Å². The summed E-state index contributed by atoms with van der Waals surface area (Å²) in [5.41, 5.74) is -0.0940. The van der Waals surface area contributed by atoms with Crippen molar-refractivity contribution >= 4 is 17.7 Å². The smallest absolute Gasteiger partial charge is 0.337 e. The summed E-state index contributed by atoms with van der Waals surface area (Å²) in [6.07, 6.45) is 1.40. The minimum Gasteiger partial charge on any atom is -0.459 e. The zero-order valence-electron chi connectivity index (χ0n) is 13.4. The predicted molar refractivity (Wildman–Crippen MR) is 84.7 cm³/mol. The molecule has 24 heavy (non-hydrogen) atoms. The topological polar surface area (TPSA) is 92.7 Å². The number of ketones is 1. The van der Waals surface area contributed by atoms with Crippen LogP contribution >= 0.6 is 0 Å². The molecule has 6 nitrogen and oxygen atoms in total. The first-order chi connectivity index (χ1) is 11.5. The summed E-state index contributed by atoms with van der Waals surface area (Å²) in [5.74, 6) is -1.13. The van der Waals surface area contributed by atoms with E-state index in [0.717, 1.165) is 18.4 Å². The number of hydrogen-bond donors (Lipinski definition) is 2. The number of esters is 1. The molecule has 0 radical (unpaired) electrons. The zero-order chi connectivity index (χ0) is 17.2. The van der Waals surface area contributed by atoms with Gasteiger partial charge in [0.25, 0.3) is 0 Å². The second-order valence-electron chi connectivity index (χ2n) is 6.54. The van der Waals surface area contributed by atoms with Crippen molar-refractivity contribution in [3.63, 3.8) is 0 Å². The van der Waals surface area contributed by atoms with Gasteiger partial charge in [-0.05, 0) is 31.2 Å². The highest BCUT2D eigenvalue weighted by molar-refractivity contribution is 6.10. The first-order valence-electron chi connectivity index (χ1n) is 8.24. The largest absolute Gasteiger partial charge is 0.459 e. The maximum atomic E-state index is 12.2. The molecule has 0 aliphatic heterocycles. The average molecular weight is 331 g/mol. The second kappa shape index (κ2) is 6.73. The molecule has 2 N–H and O–H groups in total. The van der Waals surface area contributed by atoms with Crippen LogP contribution in [0.2, 0.25) is 0 Å². The molecule has 0 spiro atoms. The van der Waals surface area contributed by atoms with E-state index in [2.05, 4.69) is 5.32 Å². The van der Waals surface area contributed by atoms with Crippen LogP contribution in [0.5, 0.6) is 0 Å². The highest BCUT2D eigenvalue weighted by Crippen LogP contribution is 2.52. The Morgan fingerprint density at radius 1 is 1.21 bits per heavy atom. The maximum Gasteiger partial charge on any atom is 0.337 e. The van der Waals surface area contributed by atoms with Gasteiger partial charge in [0.1, 0.15) is 12.0 Å². The molecule has 2 fully saturated rings. The molecule has 1 aromatic carbocycles.